The van der Waals surface area contributed by atoms with Gasteiger partial charge in [-0.3, -0.25) is 37.3 Å². The van der Waals surface area contributed by atoms with Crippen molar-refractivity contribution >= 4 is 39.5 Å². The molecule has 0 aromatic carbocycles. The zero-order valence-electron chi connectivity index (χ0n) is 63.7. The minimum Gasteiger partial charge on any atom is -0.462 e. The van der Waals surface area contributed by atoms with E-state index >= 15 is 0 Å². The van der Waals surface area contributed by atoms with Crippen LogP contribution in [0.1, 0.15) is 382 Å². The molecule has 98 heavy (non-hydrogen) atoms. The van der Waals surface area contributed by atoms with E-state index in [9.17, 15) is 43.2 Å². The Morgan fingerprint density at radius 2 is 0.551 bits per heavy atom. The smallest absolute Gasteiger partial charge is 0.462 e. The summed E-state index contributed by atoms with van der Waals surface area (Å²) in [6.07, 6.45) is 59.2. The van der Waals surface area contributed by atoms with Crippen LogP contribution in [0.25, 0.3) is 0 Å². The molecular formula is C79H150O17P2. The van der Waals surface area contributed by atoms with E-state index in [2.05, 4.69) is 72.8 Å². The second-order valence-corrected chi connectivity index (χ2v) is 32.1. The number of phosphoric acid groups is 2. The van der Waals surface area contributed by atoms with Gasteiger partial charge in [-0.1, -0.05) is 330 Å². The van der Waals surface area contributed by atoms with Gasteiger partial charge in [-0.15, -0.1) is 0 Å². The first-order valence-electron chi connectivity index (χ1n) is 40.2. The lowest BCUT2D eigenvalue weighted by Gasteiger charge is -2.21. The number of phosphoric ester groups is 2. The van der Waals surface area contributed by atoms with E-state index in [1.807, 2.05) is 0 Å². The van der Waals surface area contributed by atoms with Crippen LogP contribution in [-0.2, 0) is 65.4 Å². The maximum absolute atomic E-state index is 13.1. The molecule has 3 unspecified atom stereocenters. The molecule has 19 heteroatoms. The number of aliphatic hydroxyl groups is 1. The summed E-state index contributed by atoms with van der Waals surface area (Å²) in [5.74, 6) is 0.122. The van der Waals surface area contributed by atoms with Gasteiger partial charge in [0.15, 0.2) is 12.2 Å². The predicted molar refractivity (Wildman–Crippen MR) is 400 cm³/mol. The van der Waals surface area contributed by atoms with Crippen molar-refractivity contribution in [1.29, 1.82) is 0 Å². The summed E-state index contributed by atoms with van der Waals surface area (Å²) in [5.41, 5.74) is 0. The molecule has 17 nitrogen and oxygen atoms in total. The van der Waals surface area contributed by atoms with E-state index in [0.717, 1.165) is 121 Å². The summed E-state index contributed by atoms with van der Waals surface area (Å²) < 4.78 is 68.6. The number of hydrogen-bond donors (Lipinski definition) is 3. The largest absolute Gasteiger partial charge is 0.472 e. The van der Waals surface area contributed by atoms with E-state index < -0.39 is 97.5 Å². The number of esters is 4. The van der Waals surface area contributed by atoms with Gasteiger partial charge in [-0.25, -0.2) is 9.13 Å². The van der Waals surface area contributed by atoms with Crippen molar-refractivity contribution in [3.63, 3.8) is 0 Å². The highest BCUT2D eigenvalue weighted by atomic mass is 31.2. The third kappa shape index (κ3) is 71.9. The summed E-state index contributed by atoms with van der Waals surface area (Å²) in [6.45, 7) is 11.8. The Hall–Kier alpha value is -2.46. The number of rotatable bonds is 75. The minimum absolute atomic E-state index is 0.0849. The molecule has 5 atom stereocenters. The fourth-order valence-electron chi connectivity index (χ4n) is 11.6. The first-order valence-corrected chi connectivity index (χ1v) is 43.2. The molecule has 0 heterocycles. The van der Waals surface area contributed by atoms with Crippen molar-refractivity contribution in [2.24, 2.45) is 17.8 Å². The quantitative estimate of drug-likeness (QED) is 0.0169. The fraction of sp³-hybridized carbons (Fsp3) is 0.899. The van der Waals surface area contributed by atoms with Crippen LogP contribution in [0.3, 0.4) is 0 Å². The number of aliphatic hydroxyl groups excluding tert-OH is 1. The number of unbranched alkanes of at least 4 members (excludes halogenated alkanes) is 40. The Morgan fingerprint density at radius 3 is 0.827 bits per heavy atom. The molecular weight excluding hydrogens is 1280 g/mol. The fourth-order valence-corrected chi connectivity index (χ4v) is 13.2. The Labute approximate surface area is 599 Å². The molecule has 0 fully saturated rings. The SMILES string of the molecule is CCCCCC/C=C\C=C/CCCCCCCC(=O)O[C@H](COC(=O)CCCCCCCCCCCCCCCC(C)C)COP(=O)(O)OCC(O)COP(=O)(O)OC[C@@H](COC(=O)CCCCCCCCC(C)C)OC(=O)CCCCCCCCCCCCCCCCCC(C)C. The van der Waals surface area contributed by atoms with Crippen LogP contribution >= 0.6 is 15.6 Å². The summed E-state index contributed by atoms with van der Waals surface area (Å²) in [5, 5.41) is 10.6. The molecule has 0 aliphatic carbocycles. The molecule has 0 radical (unpaired) electrons. The number of allylic oxidation sites excluding steroid dienone is 4. The lowest BCUT2D eigenvalue weighted by Crippen LogP contribution is -2.30. The summed E-state index contributed by atoms with van der Waals surface area (Å²) >= 11 is 0. The second kappa shape index (κ2) is 68.9. The number of carbonyl (C=O) groups excluding carboxylic acids is 4. The first-order chi connectivity index (χ1) is 47.2. The standard InChI is InChI=1S/C79H150O17P2/c1-8-9-10-11-12-13-14-15-17-23-29-34-39-48-55-62-78(83)95-74(66-89-76(81)60-53-46-38-33-28-25-20-22-27-32-37-44-51-58-71(4)5)68-93-97(85,86)91-64-73(80)65-92-98(87,88)94-69-75(67-90-77(82)61-54-47-42-41-45-52-59-72(6)7)96-79(84)63-56-49-40-35-30-24-19-16-18-21-26-31-36-43-50-57-70(2)3/h13-15,17,70-75,80H,8-12,16,18-69H2,1-7H3,(H,85,86)(H,87,88)/b14-13-,17-15-/t73?,74-,75-/m1/s1. The summed E-state index contributed by atoms with van der Waals surface area (Å²) in [7, 11) is -9.93. The maximum atomic E-state index is 13.1. The van der Waals surface area contributed by atoms with Gasteiger partial charge in [-0.05, 0) is 69.1 Å². The molecule has 578 valence electrons. The lowest BCUT2D eigenvalue weighted by atomic mass is 10.0. The molecule has 0 rings (SSSR count). The molecule has 0 aliphatic heterocycles. The van der Waals surface area contributed by atoms with Crippen LogP contribution in [0.15, 0.2) is 24.3 Å². The van der Waals surface area contributed by atoms with Crippen molar-refractivity contribution in [2.75, 3.05) is 39.6 Å². The van der Waals surface area contributed by atoms with Crippen LogP contribution in [0.5, 0.6) is 0 Å². The highest BCUT2D eigenvalue weighted by Gasteiger charge is 2.30. The van der Waals surface area contributed by atoms with Crippen molar-refractivity contribution in [3.05, 3.63) is 24.3 Å². The Morgan fingerprint density at radius 1 is 0.316 bits per heavy atom. The van der Waals surface area contributed by atoms with Gasteiger partial charge in [-0.2, -0.15) is 0 Å². The minimum atomic E-state index is -4.97. The predicted octanol–water partition coefficient (Wildman–Crippen LogP) is 22.9. The highest BCUT2D eigenvalue weighted by Crippen LogP contribution is 2.45. The first kappa shape index (κ1) is 95.5. The van der Waals surface area contributed by atoms with Crippen molar-refractivity contribution in [3.8, 4) is 0 Å². The van der Waals surface area contributed by atoms with Crippen LogP contribution in [-0.4, -0.2) is 96.7 Å². The van der Waals surface area contributed by atoms with E-state index in [0.29, 0.717) is 31.6 Å². The van der Waals surface area contributed by atoms with Gasteiger partial charge >= 0.3 is 39.5 Å². The number of ether oxygens (including phenoxy) is 4. The lowest BCUT2D eigenvalue weighted by molar-refractivity contribution is -0.161. The number of hydrogen-bond acceptors (Lipinski definition) is 15. The number of carbonyl (C=O) groups is 4. The molecule has 0 bridgehead atoms. The van der Waals surface area contributed by atoms with Gasteiger partial charge in [0.05, 0.1) is 26.4 Å². The Kier molecular flexibility index (Phi) is 67.2. The summed E-state index contributed by atoms with van der Waals surface area (Å²) in [4.78, 5) is 72.9. The Bertz CT molecular complexity index is 2000. The van der Waals surface area contributed by atoms with E-state index in [1.54, 1.807) is 0 Å². The van der Waals surface area contributed by atoms with Crippen LogP contribution in [0, 0.1) is 17.8 Å². The average molecular weight is 1430 g/mol. The van der Waals surface area contributed by atoms with Crippen LogP contribution in [0.2, 0.25) is 0 Å². The van der Waals surface area contributed by atoms with Crippen molar-refractivity contribution in [2.45, 2.75) is 401 Å². The molecule has 0 aromatic heterocycles. The maximum Gasteiger partial charge on any atom is 0.472 e. The summed E-state index contributed by atoms with van der Waals surface area (Å²) in [6, 6.07) is 0. The van der Waals surface area contributed by atoms with E-state index in [1.165, 1.54) is 173 Å². The molecule has 3 N–H and O–H groups in total. The van der Waals surface area contributed by atoms with Crippen molar-refractivity contribution < 1.29 is 80.2 Å². The Balaban J connectivity index is 5.25. The average Bonchev–Trinajstić information content (AvgIpc) is 0.961. The molecule has 0 amide bonds. The highest BCUT2D eigenvalue weighted by molar-refractivity contribution is 7.47. The third-order valence-electron chi connectivity index (χ3n) is 17.8. The van der Waals surface area contributed by atoms with Gasteiger partial charge in [0.25, 0.3) is 0 Å². The van der Waals surface area contributed by atoms with Gasteiger partial charge in [0.2, 0.25) is 0 Å². The van der Waals surface area contributed by atoms with E-state index in [-0.39, 0.29) is 25.7 Å². The molecule has 0 spiro atoms. The zero-order chi connectivity index (χ0) is 72.3. The molecule has 0 aliphatic rings. The van der Waals surface area contributed by atoms with Gasteiger partial charge < -0.3 is 33.8 Å². The van der Waals surface area contributed by atoms with Crippen LogP contribution < -0.4 is 0 Å². The topological polar surface area (TPSA) is 237 Å². The van der Waals surface area contributed by atoms with Gasteiger partial charge in [0, 0.05) is 25.7 Å². The van der Waals surface area contributed by atoms with Crippen molar-refractivity contribution in [1.82, 2.24) is 0 Å². The molecule has 0 aromatic rings. The molecule has 0 saturated heterocycles. The zero-order valence-corrected chi connectivity index (χ0v) is 65.5. The van der Waals surface area contributed by atoms with E-state index in [4.69, 9.17) is 37.0 Å². The monoisotopic (exact) mass is 1430 g/mol. The normalized spacial score (nSPS) is 14.2. The van der Waals surface area contributed by atoms with Gasteiger partial charge in [0.1, 0.15) is 19.3 Å². The van der Waals surface area contributed by atoms with Crippen LogP contribution in [0.4, 0.5) is 0 Å². The third-order valence-corrected chi connectivity index (χ3v) is 19.7. The second-order valence-electron chi connectivity index (χ2n) is 29.2. The molecule has 0 saturated carbocycles.